The average Bonchev–Trinajstić information content (AvgIpc) is 2.33. The van der Waals surface area contributed by atoms with Crippen molar-refractivity contribution in [3.63, 3.8) is 0 Å². The number of hydrogen-bond donors (Lipinski definition) is 0. The lowest BCUT2D eigenvalue weighted by Gasteiger charge is -2.24. The van der Waals surface area contributed by atoms with E-state index in [1.807, 2.05) is 44.1 Å². The van der Waals surface area contributed by atoms with E-state index in [1.165, 1.54) is 0 Å². The Morgan fingerprint density at radius 3 is 2.42 bits per heavy atom. The van der Waals surface area contributed by atoms with Gasteiger partial charge >= 0.3 is 0 Å². The normalized spacial score (nSPS) is 10.8. The monoisotopic (exact) mass is 326 g/mol. The number of amides is 1. The van der Waals surface area contributed by atoms with E-state index in [9.17, 15) is 4.79 Å². The van der Waals surface area contributed by atoms with Gasteiger partial charge in [-0.1, -0.05) is 13.0 Å². The average molecular weight is 327 g/mol. The maximum Gasteiger partial charge on any atom is 0.255 e. The Labute approximate surface area is 124 Å². The van der Waals surface area contributed by atoms with Crippen LogP contribution in [-0.2, 0) is 0 Å². The Kier molecular flexibility index (Phi) is 6.52. The number of rotatable bonds is 6. The van der Waals surface area contributed by atoms with Gasteiger partial charge in [0.05, 0.1) is 5.56 Å². The molecule has 106 valence electrons. The summed E-state index contributed by atoms with van der Waals surface area (Å²) in [6, 6.07) is 5.87. The zero-order valence-electron chi connectivity index (χ0n) is 12.2. The van der Waals surface area contributed by atoms with E-state index < -0.39 is 0 Å². The summed E-state index contributed by atoms with van der Waals surface area (Å²) in [5.41, 5.74) is 1.90. The van der Waals surface area contributed by atoms with Crippen LogP contribution in [0.15, 0.2) is 22.7 Å². The zero-order chi connectivity index (χ0) is 14.4. The summed E-state index contributed by atoms with van der Waals surface area (Å²) in [5, 5.41) is 0. The van der Waals surface area contributed by atoms with Crippen molar-refractivity contribution in [3.05, 3.63) is 33.8 Å². The largest absolute Gasteiger partial charge is 0.337 e. The van der Waals surface area contributed by atoms with Gasteiger partial charge in [-0.15, -0.1) is 0 Å². The first-order chi connectivity index (χ1) is 8.95. The molecule has 0 saturated carbocycles. The Balaban J connectivity index is 2.85. The topological polar surface area (TPSA) is 23.6 Å². The van der Waals surface area contributed by atoms with E-state index >= 15 is 0 Å². The first-order valence-corrected chi connectivity index (χ1v) is 7.45. The van der Waals surface area contributed by atoms with E-state index in [0.29, 0.717) is 0 Å². The predicted molar refractivity (Wildman–Crippen MR) is 83.6 cm³/mol. The molecule has 0 radical (unpaired) electrons. The second kappa shape index (κ2) is 7.65. The van der Waals surface area contributed by atoms with Crippen molar-refractivity contribution in [2.75, 3.05) is 33.7 Å². The van der Waals surface area contributed by atoms with E-state index in [-0.39, 0.29) is 5.91 Å². The van der Waals surface area contributed by atoms with Crippen LogP contribution in [0.2, 0.25) is 0 Å². The van der Waals surface area contributed by atoms with Gasteiger partial charge in [0.1, 0.15) is 0 Å². The summed E-state index contributed by atoms with van der Waals surface area (Å²) < 4.78 is 0.878. The van der Waals surface area contributed by atoms with Crippen LogP contribution in [0.5, 0.6) is 0 Å². The van der Waals surface area contributed by atoms with Gasteiger partial charge in [0.2, 0.25) is 0 Å². The van der Waals surface area contributed by atoms with Crippen LogP contribution in [0.3, 0.4) is 0 Å². The number of hydrogen-bond acceptors (Lipinski definition) is 2. The predicted octanol–water partition coefficient (Wildman–Crippen LogP) is 3.17. The van der Waals surface area contributed by atoms with Gasteiger partial charge in [-0.3, -0.25) is 4.79 Å². The van der Waals surface area contributed by atoms with E-state index in [2.05, 4.69) is 27.8 Å². The molecular formula is C15H23BrN2O. The molecule has 0 bridgehead atoms. The van der Waals surface area contributed by atoms with Crippen LogP contribution in [0.1, 0.15) is 29.3 Å². The molecule has 0 aliphatic carbocycles. The second-order valence-electron chi connectivity index (χ2n) is 5.08. The smallest absolute Gasteiger partial charge is 0.255 e. The third-order valence-corrected chi connectivity index (χ3v) is 3.61. The zero-order valence-corrected chi connectivity index (χ0v) is 13.8. The Morgan fingerprint density at radius 2 is 1.89 bits per heavy atom. The van der Waals surface area contributed by atoms with Crippen LogP contribution in [-0.4, -0.2) is 49.4 Å². The first-order valence-electron chi connectivity index (χ1n) is 6.65. The molecule has 0 spiro atoms. The molecular weight excluding hydrogens is 304 g/mol. The van der Waals surface area contributed by atoms with Gasteiger partial charge in [0.15, 0.2) is 0 Å². The molecule has 0 aromatic heterocycles. The van der Waals surface area contributed by atoms with Crippen LogP contribution in [0.25, 0.3) is 0 Å². The minimum atomic E-state index is 0.107. The summed E-state index contributed by atoms with van der Waals surface area (Å²) in [5.74, 6) is 0.107. The molecule has 0 aliphatic rings. The molecule has 0 unspecified atom stereocenters. The SMILES string of the molecule is CCCN(CCN(C)C)C(=O)c1ccc(C)cc1Br. The molecule has 1 rings (SSSR count). The van der Waals surface area contributed by atoms with Gasteiger partial charge in [-0.2, -0.15) is 0 Å². The third-order valence-electron chi connectivity index (χ3n) is 2.95. The van der Waals surface area contributed by atoms with Gasteiger partial charge in [0.25, 0.3) is 5.91 Å². The highest BCUT2D eigenvalue weighted by Gasteiger charge is 2.17. The fourth-order valence-electron chi connectivity index (χ4n) is 1.87. The third kappa shape index (κ3) is 4.96. The molecule has 1 amide bonds. The summed E-state index contributed by atoms with van der Waals surface area (Å²) in [4.78, 5) is 16.6. The molecule has 0 fully saturated rings. The molecule has 0 aliphatic heterocycles. The highest BCUT2D eigenvalue weighted by Crippen LogP contribution is 2.20. The Bertz CT molecular complexity index is 432. The number of carbonyl (C=O) groups is 1. The van der Waals surface area contributed by atoms with Gasteiger partial charge in [-0.05, 0) is 61.1 Å². The number of likely N-dealkylation sites (N-methyl/N-ethyl adjacent to an activating group) is 1. The first kappa shape index (κ1) is 16.2. The van der Waals surface area contributed by atoms with E-state index in [1.54, 1.807) is 0 Å². The Hall–Kier alpha value is -0.870. The molecule has 19 heavy (non-hydrogen) atoms. The number of halogens is 1. The summed E-state index contributed by atoms with van der Waals surface area (Å²) in [6.07, 6.45) is 0.975. The lowest BCUT2D eigenvalue weighted by Crippen LogP contribution is -2.37. The van der Waals surface area contributed by atoms with Crippen LogP contribution in [0, 0.1) is 6.92 Å². The summed E-state index contributed by atoms with van der Waals surface area (Å²) in [6.45, 7) is 6.57. The minimum Gasteiger partial charge on any atom is -0.337 e. The van der Waals surface area contributed by atoms with Crippen molar-refractivity contribution in [1.29, 1.82) is 0 Å². The van der Waals surface area contributed by atoms with Crippen molar-refractivity contribution in [2.24, 2.45) is 0 Å². The highest BCUT2D eigenvalue weighted by atomic mass is 79.9. The lowest BCUT2D eigenvalue weighted by atomic mass is 10.1. The van der Waals surface area contributed by atoms with E-state index in [4.69, 9.17) is 0 Å². The van der Waals surface area contributed by atoms with Crippen LogP contribution >= 0.6 is 15.9 Å². The Morgan fingerprint density at radius 1 is 1.21 bits per heavy atom. The number of aryl methyl sites for hydroxylation is 1. The van der Waals surface area contributed by atoms with Crippen LogP contribution in [0.4, 0.5) is 0 Å². The second-order valence-corrected chi connectivity index (χ2v) is 5.93. The van der Waals surface area contributed by atoms with Gasteiger partial charge < -0.3 is 9.80 Å². The minimum absolute atomic E-state index is 0.107. The fourth-order valence-corrected chi connectivity index (χ4v) is 2.53. The van der Waals surface area contributed by atoms with Crippen molar-refractivity contribution in [2.45, 2.75) is 20.3 Å². The summed E-state index contributed by atoms with van der Waals surface area (Å²) >= 11 is 3.49. The van der Waals surface area contributed by atoms with Crippen LogP contribution < -0.4 is 0 Å². The lowest BCUT2D eigenvalue weighted by molar-refractivity contribution is 0.0744. The number of carbonyl (C=O) groups excluding carboxylic acids is 1. The molecule has 3 nitrogen and oxygen atoms in total. The number of benzene rings is 1. The molecule has 1 aromatic rings. The summed E-state index contributed by atoms with van der Waals surface area (Å²) in [7, 11) is 4.05. The van der Waals surface area contributed by atoms with E-state index in [0.717, 1.165) is 41.7 Å². The number of nitrogens with zero attached hydrogens (tertiary/aromatic N) is 2. The van der Waals surface area contributed by atoms with Crippen molar-refractivity contribution in [3.8, 4) is 0 Å². The molecule has 0 N–H and O–H groups in total. The standard InChI is InChI=1S/C15H23BrN2O/c1-5-8-18(10-9-17(3)4)15(19)13-7-6-12(2)11-14(13)16/h6-7,11H,5,8-10H2,1-4H3. The molecule has 4 heteroatoms. The van der Waals surface area contributed by atoms with Crippen molar-refractivity contribution >= 4 is 21.8 Å². The quantitative estimate of drug-likeness (QED) is 0.801. The molecule has 0 atom stereocenters. The molecule has 0 heterocycles. The van der Waals surface area contributed by atoms with Crippen molar-refractivity contribution in [1.82, 2.24) is 9.80 Å². The fraction of sp³-hybridized carbons (Fsp3) is 0.533. The maximum atomic E-state index is 12.6. The van der Waals surface area contributed by atoms with Crippen molar-refractivity contribution < 1.29 is 4.79 Å². The highest BCUT2D eigenvalue weighted by molar-refractivity contribution is 9.10. The maximum absolute atomic E-state index is 12.6. The van der Waals surface area contributed by atoms with Gasteiger partial charge in [-0.25, -0.2) is 0 Å². The molecule has 1 aromatic carbocycles. The molecule has 0 saturated heterocycles. The van der Waals surface area contributed by atoms with Gasteiger partial charge in [0, 0.05) is 24.1 Å².